The Labute approximate surface area is 137 Å². The average molecular weight is 333 g/mol. The summed E-state index contributed by atoms with van der Waals surface area (Å²) >= 11 is 0. The van der Waals surface area contributed by atoms with Gasteiger partial charge in [0.25, 0.3) is 0 Å². The van der Waals surface area contributed by atoms with Gasteiger partial charge in [-0.3, -0.25) is 0 Å². The molecular weight excluding hydrogens is 319 g/mol. The highest BCUT2D eigenvalue weighted by atomic mass is 19.4. The van der Waals surface area contributed by atoms with Crippen molar-refractivity contribution in [1.29, 1.82) is 0 Å². The standard InChI is InChI=1S/C18H14F3NO2/c1-2-24-17(23)14-7-4-12(5-8-14)3-6-13-9-10-15(11-16(13)22)18(19,20)21/h4-5,7-11H,2,22H2,1H3. The molecule has 2 aromatic rings. The monoisotopic (exact) mass is 333 g/mol. The van der Waals surface area contributed by atoms with Gasteiger partial charge in [0.05, 0.1) is 17.7 Å². The topological polar surface area (TPSA) is 52.3 Å². The third-order valence-electron chi connectivity index (χ3n) is 3.12. The Morgan fingerprint density at radius 2 is 1.79 bits per heavy atom. The summed E-state index contributed by atoms with van der Waals surface area (Å²) < 4.78 is 42.6. The van der Waals surface area contributed by atoms with Crippen LogP contribution in [-0.2, 0) is 10.9 Å². The number of esters is 1. The number of carbonyl (C=O) groups excluding carboxylic acids is 1. The van der Waals surface area contributed by atoms with Crippen LogP contribution in [0.1, 0.15) is 34.0 Å². The Morgan fingerprint density at radius 1 is 1.12 bits per heavy atom. The molecule has 2 N–H and O–H groups in total. The van der Waals surface area contributed by atoms with Gasteiger partial charge in [0.1, 0.15) is 0 Å². The summed E-state index contributed by atoms with van der Waals surface area (Å²) in [6.07, 6.45) is -4.44. The van der Waals surface area contributed by atoms with Crippen molar-refractivity contribution in [1.82, 2.24) is 0 Å². The van der Waals surface area contributed by atoms with Crippen LogP contribution in [0.4, 0.5) is 18.9 Å². The molecule has 2 aromatic carbocycles. The first-order valence-electron chi connectivity index (χ1n) is 7.07. The molecule has 0 heterocycles. The lowest BCUT2D eigenvalue weighted by Gasteiger charge is -2.07. The normalized spacial score (nSPS) is 10.7. The van der Waals surface area contributed by atoms with Crippen molar-refractivity contribution in [3.63, 3.8) is 0 Å². The van der Waals surface area contributed by atoms with E-state index in [4.69, 9.17) is 10.5 Å². The number of ether oxygens (including phenoxy) is 1. The van der Waals surface area contributed by atoms with Crippen LogP contribution < -0.4 is 5.73 Å². The summed E-state index contributed by atoms with van der Waals surface area (Å²) in [6, 6.07) is 9.41. The van der Waals surface area contributed by atoms with Crippen LogP contribution in [0.3, 0.4) is 0 Å². The molecule has 0 fully saturated rings. The molecule has 0 spiro atoms. The molecule has 0 saturated heterocycles. The van der Waals surface area contributed by atoms with Gasteiger partial charge < -0.3 is 10.5 Å². The Morgan fingerprint density at radius 3 is 2.33 bits per heavy atom. The molecule has 124 valence electrons. The van der Waals surface area contributed by atoms with E-state index in [9.17, 15) is 18.0 Å². The van der Waals surface area contributed by atoms with Gasteiger partial charge in [-0.15, -0.1) is 0 Å². The van der Waals surface area contributed by atoms with Gasteiger partial charge in [0.15, 0.2) is 0 Å². The summed E-state index contributed by atoms with van der Waals surface area (Å²) in [6.45, 7) is 2.00. The average Bonchev–Trinajstić information content (AvgIpc) is 2.53. The maximum atomic E-state index is 12.6. The number of anilines is 1. The van der Waals surface area contributed by atoms with E-state index in [0.717, 1.165) is 12.1 Å². The third-order valence-corrected chi connectivity index (χ3v) is 3.12. The molecular formula is C18H14F3NO2. The van der Waals surface area contributed by atoms with Crippen LogP contribution in [0.5, 0.6) is 0 Å². The number of nitrogens with two attached hydrogens (primary N) is 1. The zero-order chi connectivity index (χ0) is 17.7. The van der Waals surface area contributed by atoms with Crippen molar-refractivity contribution in [3.8, 4) is 11.8 Å². The van der Waals surface area contributed by atoms with Gasteiger partial charge in [0.2, 0.25) is 0 Å². The molecule has 2 rings (SSSR count). The fraction of sp³-hybridized carbons (Fsp3) is 0.167. The summed E-state index contributed by atoms with van der Waals surface area (Å²) in [5.41, 5.74) is 6.06. The maximum Gasteiger partial charge on any atom is 0.416 e. The van der Waals surface area contributed by atoms with Crippen LogP contribution in [-0.4, -0.2) is 12.6 Å². The van der Waals surface area contributed by atoms with E-state index >= 15 is 0 Å². The second-order valence-corrected chi connectivity index (χ2v) is 4.85. The zero-order valence-corrected chi connectivity index (χ0v) is 12.8. The second-order valence-electron chi connectivity index (χ2n) is 4.85. The van der Waals surface area contributed by atoms with Crippen molar-refractivity contribution in [2.45, 2.75) is 13.1 Å². The molecule has 0 radical (unpaired) electrons. The summed E-state index contributed by atoms with van der Waals surface area (Å²) in [5.74, 6) is 5.09. The SMILES string of the molecule is CCOC(=O)c1ccc(C#Cc2ccc(C(F)(F)F)cc2N)cc1. The highest BCUT2D eigenvalue weighted by Gasteiger charge is 2.30. The number of hydrogen-bond donors (Lipinski definition) is 1. The molecule has 0 saturated carbocycles. The third kappa shape index (κ3) is 4.29. The van der Waals surface area contributed by atoms with Crippen LogP contribution in [0.2, 0.25) is 0 Å². The number of rotatable bonds is 2. The quantitative estimate of drug-likeness (QED) is 0.516. The van der Waals surface area contributed by atoms with Gasteiger partial charge in [-0.25, -0.2) is 4.79 Å². The van der Waals surface area contributed by atoms with Crippen molar-refractivity contribution >= 4 is 11.7 Å². The molecule has 0 aromatic heterocycles. The number of hydrogen-bond acceptors (Lipinski definition) is 3. The molecule has 0 unspecified atom stereocenters. The van der Waals surface area contributed by atoms with E-state index in [1.165, 1.54) is 6.07 Å². The summed E-state index contributed by atoms with van der Waals surface area (Å²) in [5, 5.41) is 0. The number of carbonyl (C=O) groups is 1. The van der Waals surface area contributed by atoms with Crippen molar-refractivity contribution in [2.75, 3.05) is 12.3 Å². The maximum absolute atomic E-state index is 12.6. The molecule has 0 aliphatic heterocycles. The van der Waals surface area contributed by atoms with E-state index in [2.05, 4.69) is 11.8 Å². The van der Waals surface area contributed by atoms with Gasteiger partial charge in [-0.1, -0.05) is 11.8 Å². The molecule has 0 aliphatic rings. The summed E-state index contributed by atoms with van der Waals surface area (Å²) in [4.78, 5) is 11.5. The number of halogens is 3. The Hall–Kier alpha value is -2.94. The lowest BCUT2D eigenvalue weighted by atomic mass is 10.1. The minimum atomic E-state index is -4.44. The molecule has 3 nitrogen and oxygen atoms in total. The fourth-order valence-electron chi connectivity index (χ4n) is 1.90. The Bertz CT molecular complexity index is 800. The minimum Gasteiger partial charge on any atom is -0.462 e. The lowest BCUT2D eigenvalue weighted by molar-refractivity contribution is -0.137. The van der Waals surface area contributed by atoms with Gasteiger partial charge in [-0.05, 0) is 49.4 Å². The van der Waals surface area contributed by atoms with Gasteiger partial charge >= 0.3 is 12.1 Å². The number of nitrogen functional groups attached to an aromatic ring is 1. The molecule has 0 atom stereocenters. The number of benzene rings is 2. The van der Waals surface area contributed by atoms with E-state index in [0.29, 0.717) is 16.7 Å². The van der Waals surface area contributed by atoms with Crippen molar-refractivity contribution in [2.24, 2.45) is 0 Å². The van der Waals surface area contributed by atoms with Crippen LogP contribution >= 0.6 is 0 Å². The van der Waals surface area contributed by atoms with Crippen molar-refractivity contribution < 1.29 is 22.7 Å². The van der Waals surface area contributed by atoms with Gasteiger partial charge in [0, 0.05) is 16.8 Å². The highest BCUT2D eigenvalue weighted by molar-refractivity contribution is 5.89. The van der Waals surface area contributed by atoms with Crippen LogP contribution in [0.25, 0.3) is 0 Å². The van der Waals surface area contributed by atoms with E-state index in [-0.39, 0.29) is 12.3 Å². The van der Waals surface area contributed by atoms with Crippen LogP contribution in [0.15, 0.2) is 42.5 Å². The van der Waals surface area contributed by atoms with E-state index < -0.39 is 17.7 Å². The highest BCUT2D eigenvalue weighted by Crippen LogP contribution is 2.31. The molecule has 0 amide bonds. The smallest absolute Gasteiger partial charge is 0.416 e. The molecule has 24 heavy (non-hydrogen) atoms. The lowest BCUT2D eigenvalue weighted by Crippen LogP contribution is -2.06. The fourth-order valence-corrected chi connectivity index (χ4v) is 1.90. The predicted molar refractivity (Wildman–Crippen MR) is 84.2 cm³/mol. The first-order valence-corrected chi connectivity index (χ1v) is 7.07. The predicted octanol–water partition coefficient (Wildman–Crippen LogP) is 3.86. The van der Waals surface area contributed by atoms with E-state index in [1.54, 1.807) is 31.2 Å². The Kier molecular flexibility index (Phi) is 5.14. The molecule has 6 heteroatoms. The second kappa shape index (κ2) is 7.09. The largest absolute Gasteiger partial charge is 0.462 e. The van der Waals surface area contributed by atoms with Gasteiger partial charge in [-0.2, -0.15) is 13.2 Å². The van der Waals surface area contributed by atoms with E-state index in [1.807, 2.05) is 0 Å². The first-order chi connectivity index (χ1) is 11.3. The molecule has 0 aliphatic carbocycles. The zero-order valence-electron chi connectivity index (χ0n) is 12.8. The number of alkyl halides is 3. The van der Waals surface area contributed by atoms with Crippen molar-refractivity contribution in [3.05, 3.63) is 64.7 Å². The summed E-state index contributed by atoms with van der Waals surface area (Å²) in [7, 11) is 0. The first kappa shape index (κ1) is 17.4. The van der Waals surface area contributed by atoms with Crippen LogP contribution in [0, 0.1) is 11.8 Å². The molecule has 0 bridgehead atoms. The Balaban J connectivity index is 2.19. The minimum absolute atomic E-state index is 0.0412.